The van der Waals surface area contributed by atoms with Gasteiger partial charge in [-0.3, -0.25) is 24.0 Å². The first-order valence-corrected chi connectivity index (χ1v) is 15.3. The molecule has 0 spiro atoms. The van der Waals surface area contributed by atoms with E-state index in [1.165, 1.54) is 6.92 Å². The van der Waals surface area contributed by atoms with Gasteiger partial charge < -0.3 is 42.6 Å². The summed E-state index contributed by atoms with van der Waals surface area (Å²) in [6.07, 6.45) is -5.91. The molecule has 1 fully saturated rings. The number of Topliss-reactive ketones (excluding diaryl/α,β-unsaturated/α-hetero) is 1. The van der Waals surface area contributed by atoms with Crippen molar-refractivity contribution in [3.05, 3.63) is 39.8 Å². The van der Waals surface area contributed by atoms with Crippen molar-refractivity contribution in [1.29, 1.82) is 0 Å². The summed E-state index contributed by atoms with van der Waals surface area (Å²) in [5.74, 6) is -2.76. The molecule has 0 aromatic heterocycles. The Balaban J connectivity index is 2.01. The maximum Gasteiger partial charge on any atom is 0.303 e. The van der Waals surface area contributed by atoms with Crippen LogP contribution in [0, 0.1) is 6.92 Å². The molecule has 17 heteroatoms. The molecule has 5 atom stereocenters. The molecule has 1 unspecified atom stereocenters. The van der Waals surface area contributed by atoms with Crippen molar-refractivity contribution >= 4 is 29.7 Å². The van der Waals surface area contributed by atoms with Gasteiger partial charge in [-0.2, -0.15) is 0 Å². The summed E-state index contributed by atoms with van der Waals surface area (Å²) in [6.45, 7) is 8.32. The molecule has 1 aliphatic heterocycles. The Hall–Kier alpha value is -4.28. The van der Waals surface area contributed by atoms with E-state index in [0.717, 1.165) is 20.8 Å². The van der Waals surface area contributed by atoms with Crippen LogP contribution in [0.1, 0.15) is 56.5 Å². The Morgan fingerprint density at radius 2 is 1.38 bits per heavy atom. The van der Waals surface area contributed by atoms with Gasteiger partial charge in [-0.05, 0) is 42.6 Å². The van der Waals surface area contributed by atoms with Crippen LogP contribution >= 0.6 is 0 Å². The largest absolute Gasteiger partial charge is 0.463 e. The number of hydrogen-bond acceptors (Lipinski definition) is 15. The summed E-state index contributed by atoms with van der Waals surface area (Å²) in [7, 11) is 0. The lowest BCUT2D eigenvalue weighted by Crippen LogP contribution is -2.63. The molecule has 17 nitrogen and oxygen atoms in total. The standard InChI is InChI=1S/C31H43N3O14/c1-19-17-24(25(39)7-6-11-40-13-15-42-16-14-41-12-10-33-34-32)8-9-26(19)47-31-30(46-23(5)38)29(45-22(4)37)28(44-21(3)36)27(48-31)18-43-20(2)35/h8-9,17,27-31H,6-7,10-16,18H2,1-5H3/t27-,28+,29+,30-,31?/m1/s1. The van der Waals surface area contributed by atoms with Crippen molar-refractivity contribution < 1.29 is 66.6 Å². The van der Waals surface area contributed by atoms with Crippen LogP contribution in [0.2, 0.25) is 0 Å². The van der Waals surface area contributed by atoms with Crippen LogP contribution < -0.4 is 4.74 Å². The smallest absolute Gasteiger partial charge is 0.303 e. The van der Waals surface area contributed by atoms with Gasteiger partial charge in [-0.25, -0.2) is 0 Å². The number of aryl methyl sites for hydroxylation is 1. The lowest BCUT2D eigenvalue weighted by Gasteiger charge is -2.44. The number of ether oxygens (including phenoxy) is 9. The van der Waals surface area contributed by atoms with Crippen LogP contribution in [-0.2, 0) is 57.1 Å². The third kappa shape index (κ3) is 14.6. The second-order valence-electron chi connectivity index (χ2n) is 10.5. The van der Waals surface area contributed by atoms with Gasteiger partial charge in [0.05, 0.1) is 33.0 Å². The van der Waals surface area contributed by atoms with E-state index in [0.29, 0.717) is 57.2 Å². The summed E-state index contributed by atoms with van der Waals surface area (Å²) >= 11 is 0. The van der Waals surface area contributed by atoms with Crippen LogP contribution in [0.3, 0.4) is 0 Å². The molecule has 1 aromatic rings. The summed E-state index contributed by atoms with van der Waals surface area (Å²) in [6, 6.07) is 4.75. The van der Waals surface area contributed by atoms with Crippen molar-refractivity contribution in [2.75, 3.05) is 52.8 Å². The Morgan fingerprint density at radius 1 is 0.792 bits per heavy atom. The first-order chi connectivity index (χ1) is 22.9. The van der Waals surface area contributed by atoms with Crippen LogP contribution in [-0.4, -0.2) is 113 Å². The number of hydrogen-bond donors (Lipinski definition) is 0. The highest BCUT2D eigenvalue weighted by atomic mass is 16.7. The highest BCUT2D eigenvalue weighted by Crippen LogP contribution is 2.32. The van der Waals surface area contributed by atoms with Crippen molar-refractivity contribution in [3.63, 3.8) is 0 Å². The number of carbonyl (C=O) groups excluding carboxylic acids is 5. The number of nitrogens with zero attached hydrogens (tertiary/aromatic N) is 3. The quantitative estimate of drug-likeness (QED) is 0.0347. The fraction of sp³-hybridized carbons (Fsp3) is 0.645. The van der Waals surface area contributed by atoms with E-state index >= 15 is 0 Å². The third-order valence-electron chi connectivity index (χ3n) is 6.52. The summed E-state index contributed by atoms with van der Waals surface area (Å²) < 4.78 is 49.5. The summed E-state index contributed by atoms with van der Waals surface area (Å²) in [4.78, 5) is 63.1. The van der Waals surface area contributed by atoms with Crippen molar-refractivity contribution in [2.45, 2.75) is 78.2 Å². The zero-order valence-electron chi connectivity index (χ0n) is 27.7. The van der Waals surface area contributed by atoms with Crippen molar-refractivity contribution in [2.24, 2.45) is 5.11 Å². The van der Waals surface area contributed by atoms with Crippen molar-refractivity contribution in [3.8, 4) is 5.75 Å². The maximum absolute atomic E-state index is 12.8. The number of esters is 4. The van der Waals surface area contributed by atoms with Gasteiger partial charge in [-0.1, -0.05) is 5.11 Å². The Bertz CT molecular complexity index is 1280. The fourth-order valence-electron chi connectivity index (χ4n) is 4.53. The molecule has 0 amide bonds. The molecule has 1 aliphatic rings. The number of ketones is 1. The lowest BCUT2D eigenvalue weighted by molar-refractivity contribution is -0.288. The van der Waals surface area contributed by atoms with Crippen LogP contribution in [0.5, 0.6) is 5.75 Å². The normalized spacial score (nSPS) is 20.1. The number of azide groups is 1. The second kappa shape index (κ2) is 21.6. The molecule has 2 rings (SSSR count). The van der Waals surface area contributed by atoms with E-state index in [4.69, 9.17) is 48.2 Å². The average molecular weight is 682 g/mol. The molecule has 1 aromatic carbocycles. The van der Waals surface area contributed by atoms with E-state index in [-0.39, 0.29) is 24.5 Å². The maximum atomic E-state index is 12.8. The van der Waals surface area contributed by atoms with Gasteiger partial charge in [0.25, 0.3) is 0 Å². The molecule has 0 aliphatic carbocycles. The number of carbonyl (C=O) groups is 5. The highest BCUT2D eigenvalue weighted by Gasteiger charge is 2.53. The van der Waals surface area contributed by atoms with E-state index < -0.39 is 61.2 Å². The molecule has 266 valence electrons. The minimum absolute atomic E-state index is 0.116. The van der Waals surface area contributed by atoms with Crippen molar-refractivity contribution in [1.82, 2.24) is 0 Å². The van der Waals surface area contributed by atoms with Gasteiger partial charge in [0, 0.05) is 57.7 Å². The zero-order chi connectivity index (χ0) is 35.5. The molecule has 1 saturated heterocycles. The van der Waals surface area contributed by atoms with Gasteiger partial charge >= 0.3 is 23.9 Å². The molecule has 0 N–H and O–H groups in total. The minimum atomic E-state index is -1.40. The molecular weight excluding hydrogens is 638 g/mol. The molecule has 0 radical (unpaired) electrons. The van der Waals surface area contributed by atoms with Gasteiger partial charge in [0.1, 0.15) is 18.5 Å². The second-order valence-corrected chi connectivity index (χ2v) is 10.5. The zero-order valence-corrected chi connectivity index (χ0v) is 27.7. The van der Waals surface area contributed by atoms with E-state index in [9.17, 15) is 24.0 Å². The Morgan fingerprint density at radius 3 is 1.96 bits per heavy atom. The SMILES string of the molecule is CC(=O)OC[C@H]1OC(Oc2ccc(C(=O)CCCOCCOCCOCCN=[N+]=[N-])cc2C)[C@H](OC(C)=O)[C@@H](OC(C)=O)[C@H]1OC(C)=O. The predicted octanol–water partition coefficient (Wildman–Crippen LogP) is 2.78. The Labute approximate surface area is 278 Å². The first kappa shape index (κ1) is 39.9. The first-order valence-electron chi connectivity index (χ1n) is 15.3. The molecule has 0 bridgehead atoms. The Kier molecular flexibility index (Phi) is 17.9. The summed E-state index contributed by atoms with van der Waals surface area (Å²) in [5, 5.41) is 3.36. The van der Waals surface area contributed by atoms with Gasteiger partial charge in [-0.15, -0.1) is 0 Å². The molecule has 1 heterocycles. The minimum Gasteiger partial charge on any atom is -0.463 e. The lowest BCUT2D eigenvalue weighted by atomic mass is 9.98. The van der Waals surface area contributed by atoms with E-state index in [2.05, 4.69) is 10.0 Å². The van der Waals surface area contributed by atoms with Gasteiger partial charge in [0.15, 0.2) is 18.0 Å². The van der Waals surface area contributed by atoms with Crippen LogP contribution in [0.15, 0.2) is 23.3 Å². The predicted molar refractivity (Wildman–Crippen MR) is 164 cm³/mol. The van der Waals surface area contributed by atoms with E-state index in [1.807, 2.05) is 0 Å². The van der Waals surface area contributed by atoms with Crippen LogP contribution in [0.4, 0.5) is 0 Å². The molecule has 0 saturated carbocycles. The topological polar surface area (TPSA) is 217 Å². The monoisotopic (exact) mass is 681 g/mol. The van der Waals surface area contributed by atoms with E-state index in [1.54, 1.807) is 25.1 Å². The fourth-order valence-corrected chi connectivity index (χ4v) is 4.53. The molecular formula is C31H43N3O14. The average Bonchev–Trinajstić information content (AvgIpc) is 3.01. The number of rotatable bonds is 21. The van der Waals surface area contributed by atoms with Crippen LogP contribution in [0.25, 0.3) is 10.4 Å². The van der Waals surface area contributed by atoms with Gasteiger partial charge in [0.2, 0.25) is 12.4 Å². The number of benzene rings is 1. The third-order valence-corrected chi connectivity index (χ3v) is 6.52. The molecule has 48 heavy (non-hydrogen) atoms. The highest BCUT2D eigenvalue weighted by molar-refractivity contribution is 5.96. The summed E-state index contributed by atoms with van der Waals surface area (Å²) in [5.41, 5.74) is 9.17.